The molecule has 8 nitrogen and oxygen atoms in total. The largest absolute Gasteiger partial charge is 0.497 e. The molecule has 4 N–H and O–H groups in total. The molecule has 2 heterocycles. The van der Waals surface area contributed by atoms with E-state index in [1.165, 1.54) is 7.11 Å². The first-order valence-electron chi connectivity index (χ1n) is 9.11. The summed E-state index contributed by atoms with van der Waals surface area (Å²) in [7, 11) is 1.53. The molecule has 0 radical (unpaired) electrons. The van der Waals surface area contributed by atoms with E-state index in [0.29, 0.717) is 28.3 Å². The molecule has 0 saturated heterocycles. The second-order valence-electron chi connectivity index (χ2n) is 6.53. The fourth-order valence-electron chi connectivity index (χ4n) is 3.09. The van der Waals surface area contributed by atoms with Crippen molar-refractivity contribution in [3.05, 3.63) is 77.6 Å². The summed E-state index contributed by atoms with van der Waals surface area (Å²) < 4.78 is 5.04. The molecule has 4 amide bonds. The SMILES string of the molecule is COc1ccc(C(=O)NC(=O)Nc2ccc3c(c2)NC(=O)C3=Cc2ccc[nH]2)cc1. The van der Waals surface area contributed by atoms with Gasteiger partial charge in [0.1, 0.15) is 5.75 Å². The molecule has 1 aliphatic rings. The number of carbonyl (C=O) groups excluding carboxylic acids is 3. The van der Waals surface area contributed by atoms with Crippen LogP contribution in [0.3, 0.4) is 0 Å². The van der Waals surface area contributed by atoms with Crippen molar-refractivity contribution in [2.75, 3.05) is 17.7 Å². The molecular formula is C22H18N4O4. The third kappa shape index (κ3) is 3.93. The van der Waals surface area contributed by atoms with Gasteiger partial charge in [0.2, 0.25) is 0 Å². The number of methoxy groups -OCH3 is 1. The van der Waals surface area contributed by atoms with Crippen molar-refractivity contribution < 1.29 is 19.1 Å². The molecule has 0 spiro atoms. The molecule has 2 aromatic carbocycles. The molecule has 0 aliphatic carbocycles. The van der Waals surface area contributed by atoms with Crippen molar-refractivity contribution in [1.29, 1.82) is 0 Å². The Kier molecular flexibility index (Phi) is 5.04. The summed E-state index contributed by atoms with van der Waals surface area (Å²) in [6, 6.07) is 14.5. The van der Waals surface area contributed by atoms with E-state index in [2.05, 4.69) is 20.9 Å². The zero-order chi connectivity index (χ0) is 21.1. The highest BCUT2D eigenvalue weighted by Crippen LogP contribution is 2.34. The quantitative estimate of drug-likeness (QED) is 0.501. The molecule has 0 unspecified atom stereocenters. The van der Waals surface area contributed by atoms with Gasteiger partial charge in [0.25, 0.3) is 11.8 Å². The highest BCUT2D eigenvalue weighted by atomic mass is 16.5. The monoisotopic (exact) mass is 402 g/mol. The summed E-state index contributed by atoms with van der Waals surface area (Å²) in [6.45, 7) is 0. The lowest BCUT2D eigenvalue weighted by Gasteiger charge is -2.08. The van der Waals surface area contributed by atoms with E-state index < -0.39 is 11.9 Å². The Morgan fingerprint density at radius 2 is 1.87 bits per heavy atom. The van der Waals surface area contributed by atoms with Crippen molar-refractivity contribution in [2.45, 2.75) is 0 Å². The van der Waals surface area contributed by atoms with Gasteiger partial charge in [-0.3, -0.25) is 14.9 Å². The number of fused-ring (bicyclic) bond motifs is 1. The van der Waals surface area contributed by atoms with Crippen molar-refractivity contribution in [2.24, 2.45) is 0 Å². The number of hydrogen-bond acceptors (Lipinski definition) is 4. The highest BCUT2D eigenvalue weighted by Gasteiger charge is 2.24. The van der Waals surface area contributed by atoms with Gasteiger partial charge in [0.15, 0.2) is 0 Å². The first kappa shape index (κ1) is 19.0. The predicted molar refractivity (Wildman–Crippen MR) is 113 cm³/mol. The number of imide groups is 1. The lowest BCUT2D eigenvalue weighted by Crippen LogP contribution is -2.34. The Morgan fingerprint density at radius 1 is 1.07 bits per heavy atom. The Labute approximate surface area is 171 Å². The van der Waals surface area contributed by atoms with Gasteiger partial charge in [-0.05, 0) is 54.6 Å². The van der Waals surface area contributed by atoms with Crippen molar-refractivity contribution in [1.82, 2.24) is 10.3 Å². The number of carbonyl (C=O) groups is 3. The number of ether oxygens (including phenoxy) is 1. The molecule has 3 aromatic rings. The van der Waals surface area contributed by atoms with Gasteiger partial charge in [-0.2, -0.15) is 0 Å². The standard InChI is InChI=1S/C22H18N4O4/c1-30-16-7-4-13(5-8-16)20(27)26-22(29)24-15-6-9-17-18(11-14-3-2-10-23-14)21(28)25-19(17)12-15/h2-12,23H,1H3,(H,25,28)(H2,24,26,27,29). The van der Waals surface area contributed by atoms with Crippen LogP contribution in [0.25, 0.3) is 11.6 Å². The third-order valence-electron chi connectivity index (χ3n) is 4.56. The average molecular weight is 402 g/mol. The maximum atomic E-state index is 12.3. The number of urea groups is 1. The smallest absolute Gasteiger partial charge is 0.326 e. The zero-order valence-electron chi connectivity index (χ0n) is 16.0. The van der Waals surface area contributed by atoms with Crippen LogP contribution in [0.15, 0.2) is 60.8 Å². The summed E-state index contributed by atoms with van der Waals surface area (Å²) in [5.41, 5.74) is 3.41. The normalized spacial score (nSPS) is 13.5. The van der Waals surface area contributed by atoms with E-state index in [0.717, 1.165) is 11.3 Å². The fourth-order valence-corrected chi connectivity index (χ4v) is 3.09. The van der Waals surface area contributed by atoms with Gasteiger partial charge in [-0.1, -0.05) is 6.07 Å². The van der Waals surface area contributed by atoms with Gasteiger partial charge >= 0.3 is 6.03 Å². The van der Waals surface area contributed by atoms with E-state index in [4.69, 9.17) is 4.74 Å². The number of aromatic amines is 1. The van der Waals surface area contributed by atoms with Crippen LogP contribution in [-0.4, -0.2) is 29.9 Å². The van der Waals surface area contributed by atoms with Gasteiger partial charge < -0.3 is 20.4 Å². The second kappa shape index (κ2) is 7.96. The van der Waals surface area contributed by atoms with Gasteiger partial charge in [-0.15, -0.1) is 0 Å². The highest BCUT2D eigenvalue weighted by molar-refractivity contribution is 6.35. The number of rotatable bonds is 4. The Hall–Kier alpha value is -4.33. The maximum absolute atomic E-state index is 12.3. The summed E-state index contributed by atoms with van der Waals surface area (Å²) in [5, 5.41) is 7.64. The molecule has 0 saturated carbocycles. The Bertz CT molecular complexity index is 1150. The first-order valence-corrected chi connectivity index (χ1v) is 9.11. The van der Waals surface area contributed by atoms with Crippen LogP contribution in [0.4, 0.5) is 16.2 Å². The van der Waals surface area contributed by atoms with Crippen LogP contribution < -0.4 is 20.7 Å². The molecule has 0 bridgehead atoms. The lowest BCUT2D eigenvalue weighted by atomic mass is 10.1. The van der Waals surface area contributed by atoms with E-state index in [1.807, 2.05) is 12.1 Å². The molecule has 4 rings (SSSR count). The first-order chi connectivity index (χ1) is 14.5. The predicted octanol–water partition coefficient (Wildman–Crippen LogP) is 3.48. The van der Waals surface area contributed by atoms with Crippen molar-refractivity contribution in [3.63, 3.8) is 0 Å². The average Bonchev–Trinajstić information content (AvgIpc) is 3.36. The maximum Gasteiger partial charge on any atom is 0.326 e. The van der Waals surface area contributed by atoms with E-state index in [9.17, 15) is 14.4 Å². The van der Waals surface area contributed by atoms with Crippen LogP contribution in [0, 0.1) is 0 Å². The van der Waals surface area contributed by atoms with E-state index >= 15 is 0 Å². The number of aromatic nitrogens is 1. The molecule has 150 valence electrons. The van der Waals surface area contributed by atoms with Crippen LogP contribution in [0.5, 0.6) is 5.75 Å². The Morgan fingerprint density at radius 3 is 2.57 bits per heavy atom. The summed E-state index contributed by atoms with van der Waals surface area (Å²) in [5.74, 6) is -0.155. The van der Waals surface area contributed by atoms with Crippen LogP contribution in [-0.2, 0) is 4.79 Å². The van der Waals surface area contributed by atoms with Gasteiger partial charge in [-0.25, -0.2) is 4.79 Å². The van der Waals surface area contributed by atoms with Crippen molar-refractivity contribution in [3.8, 4) is 5.75 Å². The Balaban J connectivity index is 1.44. The molecule has 8 heteroatoms. The minimum Gasteiger partial charge on any atom is -0.497 e. The minimum absolute atomic E-state index is 0.226. The van der Waals surface area contributed by atoms with E-state index in [1.54, 1.807) is 54.7 Å². The zero-order valence-corrected chi connectivity index (χ0v) is 16.0. The molecule has 30 heavy (non-hydrogen) atoms. The van der Waals surface area contributed by atoms with Gasteiger partial charge in [0, 0.05) is 28.7 Å². The summed E-state index contributed by atoms with van der Waals surface area (Å²) in [6.07, 6.45) is 3.54. The van der Waals surface area contributed by atoms with E-state index in [-0.39, 0.29) is 5.91 Å². The summed E-state index contributed by atoms with van der Waals surface area (Å²) in [4.78, 5) is 39.7. The lowest BCUT2D eigenvalue weighted by molar-refractivity contribution is -0.110. The molecule has 0 atom stereocenters. The topological polar surface area (TPSA) is 112 Å². The molecule has 1 aliphatic heterocycles. The summed E-state index contributed by atoms with van der Waals surface area (Å²) >= 11 is 0. The van der Waals surface area contributed by atoms with Crippen LogP contribution in [0.1, 0.15) is 21.6 Å². The van der Waals surface area contributed by atoms with Gasteiger partial charge in [0.05, 0.1) is 18.4 Å². The number of nitrogens with one attached hydrogen (secondary N) is 4. The number of anilines is 2. The number of hydrogen-bond donors (Lipinski definition) is 4. The van der Waals surface area contributed by atoms with Crippen LogP contribution >= 0.6 is 0 Å². The number of amides is 4. The minimum atomic E-state index is -0.678. The third-order valence-corrected chi connectivity index (χ3v) is 4.56. The molecule has 1 aromatic heterocycles. The van der Waals surface area contributed by atoms with Crippen molar-refractivity contribution >= 4 is 40.9 Å². The number of H-pyrrole nitrogens is 1. The van der Waals surface area contributed by atoms with Crippen LogP contribution in [0.2, 0.25) is 0 Å². The second-order valence-corrected chi connectivity index (χ2v) is 6.53. The number of benzene rings is 2. The molecular weight excluding hydrogens is 384 g/mol. The molecule has 0 fully saturated rings. The fraction of sp³-hybridized carbons (Fsp3) is 0.0455.